The summed E-state index contributed by atoms with van der Waals surface area (Å²) in [5.41, 5.74) is 15.3. The van der Waals surface area contributed by atoms with E-state index in [1.165, 1.54) is 23.3 Å². The van der Waals surface area contributed by atoms with Crippen LogP contribution in [0.5, 0.6) is 0 Å². The number of hydrogen-bond acceptors (Lipinski definition) is 5. The van der Waals surface area contributed by atoms with Crippen molar-refractivity contribution in [3.05, 3.63) is 16.0 Å². The molecule has 5 heteroatoms. The van der Waals surface area contributed by atoms with Gasteiger partial charge in [-0.15, -0.1) is 11.3 Å². The van der Waals surface area contributed by atoms with Gasteiger partial charge in [-0.05, 0) is 37.7 Å². The molecular formula is C13H20N4S. The lowest BCUT2D eigenvalue weighted by Gasteiger charge is -2.39. The topological polar surface area (TPSA) is 67.6 Å². The Morgan fingerprint density at radius 1 is 1.39 bits per heavy atom. The molecule has 1 aromatic rings. The molecule has 1 aromatic heterocycles. The van der Waals surface area contributed by atoms with Gasteiger partial charge in [0, 0.05) is 17.0 Å². The van der Waals surface area contributed by atoms with Crippen molar-refractivity contribution in [2.24, 2.45) is 16.5 Å². The van der Waals surface area contributed by atoms with Gasteiger partial charge in [-0.25, -0.2) is 4.99 Å². The molecule has 0 aromatic carbocycles. The van der Waals surface area contributed by atoms with Crippen LogP contribution in [0, 0.1) is 0 Å². The fourth-order valence-electron chi connectivity index (χ4n) is 2.90. The Morgan fingerprint density at radius 3 is 2.94 bits per heavy atom. The standard InChI is InChI=1S/C13H20N4S/c1-2-7-17-8-16-12-11(13(17,14)15)9-5-3-4-6-10(9)18-12/h8H,2-7,14-15H2,1H3. The first kappa shape index (κ1) is 12.1. The average Bonchev–Trinajstić information content (AvgIpc) is 2.72. The van der Waals surface area contributed by atoms with Gasteiger partial charge in [-0.3, -0.25) is 11.5 Å². The second kappa shape index (κ2) is 4.33. The second-order valence-electron chi connectivity index (χ2n) is 5.15. The molecule has 0 amide bonds. The number of thiophene rings is 1. The van der Waals surface area contributed by atoms with Crippen LogP contribution in [0.1, 0.15) is 42.2 Å². The highest BCUT2D eigenvalue weighted by Crippen LogP contribution is 2.45. The molecule has 3 rings (SSSR count). The first-order valence-corrected chi connectivity index (χ1v) is 7.50. The van der Waals surface area contributed by atoms with Crippen molar-refractivity contribution >= 4 is 22.7 Å². The van der Waals surface area contributed by atoms with Crippen molar-refractivity contribution in [2.75, 3.05) is 6.54 Å². The van der Waals surface area contributed by atoms with Crippen LogP contribution in [-0.2, 0) is 18.6 Å². The lowest BCUT2D eigenvalue weighted by atomic mass is 9.92. The molecule has 4 nitrogen and oxygen atoms in total. The third-order valence-corrected chi connectivity index (χ3v) is 5.01. The van der Waals surface area contributed by atoms with Crippen LogP contribution < -0.4 is 11.5 Å². The van der Waals surface area contributed by atoms with Gasteiger partial charge in [0.05, 0.1) is 6.34 Å². The molecule has 0 saturated heterocycles. The number of rotatable bonds is 2. The Hall–Kier alpha value is -0.910. The number of aryl methyl sites for hydroxylation is 1. The summed E-state index contributed by atoms with van der Waals surface area (Å²) in [6, 6.07) is 0. The van der Waals surface area contributed by atoms with Crippen molar-refractivity contribution < 1.29 is 0 Å². The Morgan fingerprint density at radius 2 is 2.17 bits per heavy atom. The number of nitrogens with zero attached hydrogens (tertiary/aromatic N) is 2. The summed E-state index contributed by atoms with van der Waals surface area (Å²) in [6.45, 7) is 2.98. The summed E-state index contributed by atoms with van der Waals surface area (Å²) in [6.07, 6.45) is 7.61. The molecule has 1 aliphatic heterocycles. The van der Waals surface area contributed by atoms with Crippen LogP contribution >= 0.6 is 11.3 Å². The van der Waals surface area contributed by atoms with Gasteiger partial charge in [-0.2, -0.15) is 0 Å². The largest absolute Gasteiger partial charge is 0.328 e. The van der Waals surface area contributed by atoms with E-state index in [9.17, 15) is 0 Å². The van der Waals surface area contributed by atoms with Crippen molar-refractivity contribution in [1.82, 2.24) is 4.90 Å². The van der Waals surface area contributed by atoms with Crippen molar-refractivity contribution in [2.45, 2.75) is 44.8 Å². The maximum Gasteiger partial charge on any atom is 0.172 e. The van der Waals surface area contributed by atoms with Crippen molar-refractivity contribution in [3.63, 3.8) is 0 Å². The average molecular weight is 264 g/mol. The molecular weight excluding hydrogens is 244 g/mol. The molecule has 0 saturated carbocycles. The summed E-state index contributed by atoms with van der Waals surface area (Å²) in [4.78, 5) is 7.97. The number of aliphatic imine (C=N–C) groups is 1. The summed E-state index contributed by atoms with van der Waals surface area (Å²) in [5.74, 6) is -0.880. The maximum absolute atomic E-state index is 6.41. The number of fused-ring (bicyclic) bond motifs is 3. The Labute approximate surface area is 112 Å². The first-order valence-electron chi connectivity index (χ1n) is 6.68. The van der Waals surface area contributed by atoms with Crippen LogP contribution in [0.15, 0.2) is 4.99 Å². The lowest BCUT2D eigenvalue weighted by Crippen LogP contribution is -2.61. The summed E-state index contributed by atoms with van der Waals surface area (Å²) in [5, 5.41) is 1.03. The van der Waals surface area contributed by atoms with Gasteiger partial charge in [0.1, 0.15) is 5.00 Å². The van der Waals surface area contributed by atoms with Crippen LogP contribution in [-0.4, -0.2) is 17.8 Å². The summed E-state index contributed by atoms with van der Waals surface area (Å²) in [7, 11) is 0. The molecule has 2 heterocycles. The number of hydrogen-bond donors (Lipinski definition) is 2. The van der Waals surface area contributed by atoms with Gasteiger partial charge in [0.15, 0.2) is 5.79 Å². The van der Waals surface area contributed by atoms with E-state index in [1.807, 2.05) is 11.2 Å². The van der Waals surface area contributed by atoms with E-state index in [0.29, 0.717) is 0 Å². The van der Waals surface area contributed by atoms with Crippen LogP contribution in [0.25, 0.3) is 0 Å². The van der Waals surface area contributed by atoms with Gasteiger partial charge in [0.2, 0.25) is 0 Å². The molecule has 98 valence electrons. The predicted molar refractivity (Wildman–Crippen MR) is 76.2 cm³/mol. The third-order valence-electron chi connectivity index (χ3n) is 3.81. The highest BCUT2D eigenvalue weighted by atomic mass is 32.1. The molecule has 0 radical (unpaired) electrons. The van der Waals surface area contributed by atoms with E-state index in [4.69, 9.17) is 11.5 Å². The zero-order chi connectivity index (χ0) is 12.8. The number of nitrogens with two attached hydrogens (primary N) is 2. The highest BCUT2D eigenvalue weighted by molar-refractivity contribution is 7.16. The normalized spacial score (nSPS) is 20.7. The van der Waals surface area contributed by atoms with Gasteiger partial charge in [-0.1, -0.05) is 6.92 Å². The fraction of sp³-hybridized carbons (Fsp3) is 0.615. The zero-order valence-corrected chi connectivity index (χ0v) is 11.6. The second-order valence-corrected chi connectivity index (χ2v) is 6.24. The maximum atomic E-state index is 6.41. The van der Waals surface area contributed by atoms with E-state index in [0.717, 1.165) is 36.4 Å². The van der Waals surface area contributed by atoms with Gasteiger partial charge < -0.3 is 4.90 Å². The van der Waals surface area contributed by atoms with Crippen molar-refractivity contribution in [3.8, 4) is 0 Å². The molecule has 0 spiro atoms. The molecule has 2 aliphatic rings. The molecule has 0 atom stereocenters. The van der Waals surface area contributed by atoms with E-state index in [-0.39, 0.29) is 0 Å². The monoisotopic (exact) mass is 264 g/mol. The van der Waals surface area contributed by atoms with E-state index >= 15 is 0 Å². The third kappa shape index (κ3) is 1.69. The molecule has 0 bridgehead atoms. The van der Waals surface area contributed by atoms with Crippen molar-refractivity contribution in [1.29, 1.82) is 0 Å². The smallest absolute Gasteiger partial charge is 0.172 e. The molecule has 0 fully saturated rings. The van der Waals surface area contributed by atoms with Gasteiger partial charge >= 0.3 is 0 Å². The Balaban J connectivity index is 2.08. The molecule has 0 unspecified atom stereocenters. The van der Waals surface area contributed by atoms with E-state index in [2.05, 4.69) is 11.9 Å². The molecule has 1 aliphatic carbocycles. The van der Waals surface area contributed by atoms with Gasteiger partial charge in [0.25, 0.3) is 0 Å². The van der Waals surface area contributed by atoms with E-state index < -0.39 is 5.79 Å². The summed E-state index contributed by atoms with van der Waals surface area (Å²) < 4.78 is 0. The fourth-order valence-corrected chi connectivity index (χ4v) is 4.20. The van der Waals surface area contributed by atoms with Crippen LogP contribution in [0.2, 0.25) is 0 Å². The molecule has 4 N–H and O–H groups in total. The lowest BCUT2D eigenvalue weighted by molar-refractivity contribution is 0.188. The van der Waals surface area contributed by atoms with Crippen LogP contribution in [0.3, 0.4) is 0 Å². The Bertz CT molecular complexity index is 489. The highest BCUT2D eigenvalue weighted by Gasteiger charge is 2.38. The summed E-state index contributed by atoms with van der Waals surface area (Å²) >= 11 is 1.78. The zero-order valence-electron chi connectivity index (χ0n) is 10.8. The minimum absolute atomic E-state index is 0.848. The quantitative estimate of drug-likeness (QED) is 0.803. The Kier molecular flexibility index (Phi) is 2.92. The molecule has 18 heavy (non-hydrogen) atoms. The minimum Gasteiger partial charge on any atom is -0.328 e. The minimum atomic E-state index is -0.880. The first-order chi connectivity index (χ1) is 8.64. The predicted octanol–water partition coefficient (Wildman–Crippen LogP) is 2.04. The SMILES string of the molecule is CCCN1C=Nc2sc3c(c2C1(N)N)CCCC3. The van der Waals surface area contributed by atoms with E-state index in [1.54, 1.807) is 11.3 Å². The van der Waals surface area contributed by atoms with Crippen LogP contribution in [0.4, 0.5) is 5.00 Å².